The third-order valence-electron chi connectivity index (χ3n) is 5.03. The molecule has 0 aromatic heterocycles. The van der Waals surface area contributed by atoms with Crippen molar-refractivity contribution in [3.8, 4) is 5.75 Å². The summed E-state index contributed by atoms with van der Waals surface area (Å²) in [6, 6.07) is 20.1. The van der Waals surface area contributed by atoms with E-state index >= 15 is 0 Å². The highest BCUT2D eigenvalue weighted by Crippen LogP contribution is 2.36. The van der Waals surface area contributed by atoms with Gasteiger partial charge in [0, 0.05) is 11.3 Å². The van der Waals surface area contributed by atoms with Gasteiger partial charge in [-0.1, -0.05) is 36.4 Å². The summed E-state index contributed by atoms with van der Waals surface area (Å²) in [6.07, 6.45) is 3.73. The normalized spacial score (nSPS) is 14.8. The fourth-order valence-corrected chi connectivity index (χ4v) is 4.03. The molecule has 1 amide bonds. The minimum Gasteiger partial charge on any atom is -0.493 e. The number of aryl methyl sites for hydroxylation is 1. The molecular weight excluding hydrogens is 457 g/mol. The van der Waals surface area contributed by atoms with E-state index in [0.717, 1.165) is 27.0 Å². The molecule has 1 heterocycles. The topological polar surface area (TPSA) is 29.5 Å². The average molecular weight is 478 g/mol. The molecule has 1 aliphatic heterocycles. The van der Waals surface area contributed by atoms with Crippen molar-refractivity contribution < 1.29 is 13.9 Å². The minimum atomic E-state index is -0.296. The van der Waals surface area contributed by atoms with Gasteiger partial charge in [0.05, 0.1) is 16.8 Å². The number of benzene rings is 3. The van der Waals surface area contributed by atoms with E-state index < -0.39 is 0 Å². The number of anilines is 1. The maximum atomic E-state index is 13.8. The first kappa shape index (κ1) is 21.1. The monoisotopic (exact) mass is 477 g/mol. The van der Waals surface area contributed by atoms with Crippen LogP contribution < -0.4 is 9.64 Å². The molecular formula is C26H21BrFNO2. The molecule has 0 saturated carbocycles. The smallest absolute Gasteiger partial charge is 0.262 e. The predicted molar refractivity (Wildman–Crippen MR) is 126 cm³/mol. The Hall–Kier alpha value is -3.18. The van der Waals surface area contributed by atoms with Gasteiger partial charge in [-0.25, -0.2) is 4.39 Å². The van der Waals surface area contributed by atoms with Gasteiger partial charge in [-0.15, -0.1) is 0 Å². The van der Waals surface area contributed by atoms with E-state index in [1.807, 2.05) is 67.6 Å². The minimum absolute atomic E-state index is 0.158. The number of hydrogen-bond acceptors (Lipinski definition) is 2. The molecule has 3 aromatic rings. The van der Waals surface area contributed by atoms with Crippen LogP contribution in [0.1, 0.15) is 23.6 Å². The zero-order valence-corrected chi connectivity index (χ0v) is 18.8. The lowest BCUT2D eigenvalue weighted by Gasteiger charge is -2.21. The number of carbonyl (C=O) groups excluding carboxylic acids is 1. The molecule has 1 aliphatic rings. The Labute approximate surface area is 189 Å². The summed E-state index contributed by atoms with van der Waals surface area (Å²) in [7, 11) is 0. The summed E-state index contributed by atoms with van der Waals surface area (Å²) in [4.78, 5) is 15.1. The molecule has 0 saturated heterocycles. The fraction of sp³-hybridized carbons (Fsp3) is 0.115. The molecule has 0 aliphatic carbocycles. The number of ether oxygens (including phenoxy) is 1. The average Bonchev–Trinajstić information content (AvgIpc) is 3.09. The van der Waals surface area contributed by atoms with E-state index in [1.54, 1.807) is 24.0 Å². The molecule has 5 heteroatoms. The summed E-state index contributed by atoms with van der Waals surface area (Å²) >= 11 is 3.52. The molecule has 4 rings (SSSR count). The second kappa shape index (κ2) is 8.90. The van der Waals surface area contributed by atoms with Gasteiger partial charge >= 0.3 is 0 Å². The van der Waals surface area contributed by atoms with Crippen LogP contribution in [0.15, 0.2) is 82.9 Å². The van der Waals surface area contributed by atoms with Crippen molar-refractivity contribution in [1.82, 2.24) is 0 Å². The van der Waals surface area contributed by atoms with Crippen molar-refractivity contribution in [3.63, 3.8) is 0 Å². The first-order valence-corrected chi connectivity index (χ1v) is 10.8. The Bertz CT molecular complexity index is 1200. The van der Waals surface area contributed by atoms with Gasteiger partial charge < -0.3 is 4.74 Å². The van der Waals surface area contributed by atoms with Crippen LogP contribution in [-0.4, -0.2) is 12.5 Å². The highest BCUT2D eigenvalue weighted by atomic mass is 79.9. The summed E-state index contributed by atoms with van der Waals surface area (Å²) in [5.41, 5.74) is 4.22. The standard InChI is InChI=1S/C26H21BrFNO2/c1-3-31-25-12-9-18(15-22(25)27)14-20-16-24(19-7-5-4-6-8-19)29(26(20)30)21-10-11-23(28)17(2)13-21/h4-16H,3H2,1-2H3/b20-14+. The number of amides is 1. The van der Waals surface area contributed by atoms with Crippen molar-refractivity contribution in [2.75, 3.05) is 11.5 Å². The predicted octanol–water partition coefficient (Wildman–Crippen LogP) is 6.77. The van der Waals surface area contributed by atoms with Gasteiger partial charge in [-0.05, 0) is 89.0 Å². The van der Waals surface area contributed by atoms with Crippen molar-refractivity contribution in [2.45, 2.75) is 13.8 Å². The van der Waals surface area contributed by atoms with E-state index in [-0.39, 0.29) is 11.7 Å². The first-order chi connectivity index (χ1) is 15.0. The molecule has 0 unspecified atom stereocenters. The molecule has 0 atom stereocenters. The zero-order chi connectivity index (χ0) is 22.0. The van der Waals surface area contributed by atoms with E-state index in [1.165, 1.54) is 6.07 Å². The molecule has 0 radical (unpaired) electrons. The van der Waals surface area contributed by atoms with Crippen molar-refractivity contribution in [3.05, 3.63) is 105 Å². The first-order valence-electron chi connectivity index (χ1n) is 9.99. The number of hydrogen-bond donors (Lipinski definition) is 0. The second-order valence-corrected chi connectivity index (χ2v) is 8.05. The lowest BCUT2D eigenvalue weighted by molar-refractivity contribution is -0.113. The SMILES string of the molecule is CCOc1ccc(/C=C2\C=C(c3ccccc3)N(c3ccc(F)c(C)c3)C2=O)cc1Br. The second-order valence-electron chi connectivity index (χ2n) is 7.19. The van der Waals surface area contributed by atoms with Gasteiger partial charge in [-0.2, -0.15) is 0 Å². The molecule has 156 valence electrons. The fourth-order valence-electron chi connectivity index (χ4n) is 3.52. The number of nitrogens with zero attached hydrogens (tertiary/aromatic N) is 1. The van der Waals surface area contributed by atoms with E-state index in [0.29, 0.717) is 23.4 Å². The van der Waals surface area contributed by atoms with Crippen LogP contribution in [0.5, 0.6) is 5.75 Å². The molecule has 0 spiro atoms. The van der Waals surface area contributed by atoms with Gasteiger partial charge in [0.15, 0.2) is 0 Å². The quantitative estimate of drug-likeness (QED) is 0.379. The van der Waals surface area contributed by atoms with Gasteiger partial charge in [0.1, 0.15) is 11.6 Å². The van der Waals surface area contributed by atoms with Crippen LogP contribution in [0.4, 0.5) is 10.1 Å². The molecule has 0 N–H and O–H groups in total. The van der Waals surface area contributed by atoms with Crippen LogP contribution in [0.25, 0.3) is 11.8 Å². The van der Waals surface area contributed by atoms with Crippen molar-refractivity contribution in [1.29, 1.82) is 0 Å². The van der Waals surface area contributed by atoms with Crippen molar-refractivity contribution in [2.24, 2.45) is 0 Å². The van der Waals surface area contributed by atoms with Crippen LogP contribution in [-0.2, 0) is 4.79 Å². The van der Waals surface area contributed by atoms with Crippen LogP contribution >= 0.6 is 15.9 Å². The summed E-state index contributed by atoms with van der Waals surface area (Å²) in [6.45, 7) is 4.20. The van der Waals surface area contributed by atoms with E-state index in [2.05, 4.69) is 15.9 Å². The molecule has 3 nitrogen and oxygen atoms in total. The van der Waals surface area contributed by atoms with Crippen LogP contribution in [0.3, 0.4) is 0 Å². The number of carbonyl (C=O) groups is 1. The third kappa shape index (κ3) is 4.32. The number of rotatable bonds is 5. The summed E-state index contributed by atoms with van der Waals surface area (Å²) < 4.78 is 20.2. The number of halogens is 2. The van der Waals surface area contributed by atoms with Crippen LogP contribution in [0, 0.1) is 12.7 Å². The Morgan fingerprint density at radius 1 is 1.06 bits per heavy atom. The van der Waals surface area contributed by atoms with E-state index in [9.17, 15) is 9.18 Å². The van der Waals surface area contributed by atoms with E-state index in [4.69, 9.17) is 4.74 Å². The van der Waals surface area contributed by atoms with Crippen LogP contribution in [0.2, 0.25) is 0 Å². The molecule has 0 bridgehead atoms. The van der Waals surface area contributed by atoms with Gasteiger partial charge in [0.25, 0.3) is 5.91 Å². The largest absolute Gasteiger partial charge is 0.493 e. The Kier molecular flexibility index (Phi) is 6.05. The summed E-state index contributed by atoms with van der Waals surface area (Å²) in [5.74, 6) is 0.303. The maximum Gasteiger partial charge on any atom is 0.262 e. The molecule has 3 aromatic carbocycles. The lowest BCUT2D eigenvalue weighted by Crippen LogP contribution is -2.25. The Morgan fingerprint density at radius 3 is 2.52 bits per heavy atom. The van der Waals surface area contributed by atoms with Gasteiger partial charge in [0.2, 0.25) is 0 Å². The lowest BCUT2D eigenvalue weighted by atomic mass is 10.1. The van der Waals surface area contributed by atoms with Crippen molar-refractivity contribution >= 4 is 39.3 Å². The summed E-state index contributed by atoms with van der Waals surface area (Å²) in [5, 5.41) is 0. The maximum absolute atomic E-state index is 13.8. The Morgan fingerprint density at radius 2 is 1.84 bits per heavy atom. The molecule has 31 heavy (non-hydrogen) atoms. The molecule has 0 fully saturated rings. The third-order valence-corrected chi connectivity index (χ3v) is 5.65. The zero-order valence-electron chi connectivity index (χ0n) is 17.2. The highest BCUT2D eigenvalue weighted by Gasteiger charge is 2.30. The Balaban J connectivity index is 1.78. The highest BCUT2D eigenvalue weighted by molar-refractivity contribution is 9.10. The van der Waals surface area contributed by atoms with Gasteiger partial charge in [-0.3, -0.25) is 9.69 Å².